The number of carbonyl (C=O) groups is 1. The van der Waals surface area contributed by atoms with Crippen molar-refractivity contribution < 1.29 is 4.79 Å². The third-order valence-corrected chi connectivity index (χ3v) is 1.94. The molecule has 1 aromatic heterocycles. The first kappa shape index (κ1) is 9.70. The van der Waals surface area contributed by atoms with E-state index in [4.69, 9.17) is 5.73 Å². The lowest BCUT2D eigenvalue weighted by molar-refractivity contribution is 0.0995. The second kappa shape index (κ2) is 4.02. The van der Waals surface area contributed by atoms with Crippen molar-refractivity contribution in [3.05, 3.63) is 11.4 Å². The van der Waals surface area contributed by atoms with Crippen molar-refractivity contribution in [2.75, 3.05) is 0 Å². The molecular formula is C8H14N4O. The van der Waals surface area contributed by atoms with E-state index in [1.54, 1.807) is 11.6 Å². The Hall–Kier alpha value is -1.39. The molecule has 1 heterocycles. The standard InChI is InChI=1S/C8H14N4O/c1-3-4-5-12-6(2)7(8(9)13)10-11-12/h3-5H2,1-2H3,(H2,9,13). The van der Waals surface area contributed by atoms with Crippen molar-refractivity contribution in [1.29, 1.82) is 0 Å². The van der Waals surface area contributed by atoms with Gasteiger partial charge in [-0.3, -0.25) is 4.79 Å². The second-order valence-corrected chi connectivity index (χ2v) is 2.96. The van der Waals surface area contributed by atoms with Gasteiger partial charge in [-0.25, -0.2) is 4.68 Å². The molecule has 0 saturated heterocycles. The Balaban J connectivity index is 2.80. The van der Waals surface area contributed by atoms with Crippen LogP contribution in [0.15, 0.2) is 0 Å². The summed E-state index contributed by atoms with van der Waals surface area (Å²) in [6.45, 7) is 4.69. The number of amides is 1. The number of aromatic nitrogens is 3. The van der Waals surface area contributed by atoms with Gasteiger partial charge >= 0.3 is 0 Å². The third-order valence-electron chi connectivity index (χ3n) is 1.94. The van der Waals surface area contributed by atoms with Crippen LogP contribution in [-0.4, -0.2) is 20.9 Å². The van der Waals surface area contributed by atoms with Gasteiger partial charge in [0.05, 0.1) is 5.69 Å². The van der Waals surface area contributed by atoms with E-state index in [0.29, 0.717) is 0 Å². The van der Waals surface area contributed by atoms with E-state index in [-0.39, 0.29) is 5.69 Å². The number of hydrogen-bond acceptors (Lipinski definition) is 3. The molecule has 2 N–H and O–H groups in total. The lowest BCUT2D eigenvalue weighted by Crippen LogP contribution is -2.13. The molecule has 1 aromatic rings. The third kappa shape index (κ3) is 2.05. The number of unbranched alkanes of at least 4 members (excludes halogenated alkanes) is 1. The van der Waals surface area contributed by atoms with E-state index in [9.17, 15) is 4.79 Å². The summed E-state index contributed by atoms with van der Waals surface area (Å²) in [5, 5.41) is 7.55. The Morgan fingerprint density at radius 2 is 2.31 bits per heavy atom. The van der Waals surface area contributed by atoms with Crippen LogP contribution in [0.3, 0.4) is 0 Å². The van der Waals surface area contributed by atoms with Crippen molar-refractivity contribution in [1.82, 2.24) is 15.0 Å². The highest BCUT2D eigenvalue weighted by Gasteiger charge is 2.12. The number of hydrogen-bond donors (Lipinski definition) is 1. The summed E-state index contributed by atoms with van der Waals surface area (Å²) >= 11 is 0. The summed E-state index contributed by atoms with van der Waals surface area (Å²) in [5.74, 6) is -0.514. The topological polar surface area (TPSA) is 73.8 Å². The Morgan fingerprint density at radius 1 is 1.62 bits per heavy atom. The number of primary amides is 1. The number of carbonyl (C=O) groups excluding carboxylic acids is 1. The summed E-state index contributed by atoms with van der Waals surface area (Å²) < 4.78 is 1.71. The van der Waals surface area contributed by atoms with E-state index >= 15 is 0 Å². The Morgan fingerprint density at radius 3 is 2.77 bits per heavy atom. The normalized spacial score (nSPS) is 10.3. The SMILES string of the molecule is CCCCn1nnc(C(N)=O)c1C. The highest BCUT2D eigenvalue weighted by molar-refractivity contribution is 5.91. The molecule has 0 aliphatic rings. The molecule has 72 valence electrons. The maximum atomic E-state index is 10.8. The van der Waals surface area contributed by atoms with Crippen LogP contribution in [0, 0.1) is 6.92 Å². The maximum Gasteiger partial charge on any atom is 0.271 e. The van der Waals surface area contributed by atoms with Crippen LogP contribution in [0.1, 0.15) is 35.9 Å². The molecule has 0 atom stereocenters. The van der Waals surface area contributed by atoms with Gasteiger partial charge in [-0.2, -0.15) is 0 Å². The lowest BCUT2D eigenvalue weighted by atomic mass is 10.3. The molecule has 0 aromatic carbocycles. The van der Waals surface area contributed by atoms with Gasteiger partial charge in [-0.1, -0.05) is 18.6 Å². The maximum absolute atomic E-state index is 10.8. The van der Waals surface area contributed by atoms with Crippen molar-refractivity contribution in [2.24, 2.45) is 5.73 Å². The molecule has 0 unspecified atom stereocenters. The average molecular weight is 182 g/mol. The molecule has 0 aliphatic carbocycles. The van der Waals surface area contributed by atoms with Gasteiger partial charge in [0.15, 0.2) is 5.69 Å². The van der Waals surface area contributed by atoms with Crippen molar-refractivity contribution in [2.45, 2.75) is 33.2 Å². The molecule has 0 fully saturated rings. The zero-order valence-corrected chi connectivity index (χ0v) is 7.95. The zero-order chi connectivity index (χ0) is 9.84. The van der Waals surface area contributed by atoms with Gasteiger partial charge in [0, 0.05) is 6.54 Å². The van der Waals surface area contributed by atoms with Crippen molar-refractivity contribution >= 4 is 5.91 Å². The number of nitrogens with two attached hydrogens (primary N) is 1. The van der Waals surface area contributed by atoms with Crippen LogP contribution in [0.5, 0.6) is 0 Å². The highest BCUT2D eigenvalue weighted by Crippen LogP contribution is 2.03. The van der Waals surface area contributed by atoms with Crippen LogP contribution in [-0.2, 0) is 6.54 Å². The molecule has 5 nitrogen and oxygen atoms in total. The van der Waals surface area contributed by atoms with Crippen LogP contribution < -0.4 is 5.73 Å². The van der Waals surface area contributed by atoms with Crippen LogP contribution in [0.2, 0.25) is 0 Å². The lowest BCUT2D eigenvalue weighted by Gasteiger charge is -2.00. The quantitative estimate of drug-likeness (QED) is 0.736. The van der Waals surface area contributed by atoms with Gasteiger partial charge in [0.2, 0.25) is 0 Å². The monoisotopic (exact) mass is 182 g/mol. The number of rotatable bonds is 4. The Bertz CT molecular complexity index is 305. The first-order valence-electron chi connectivity index (χ1n) is 4.36. The highest BCUT2D eigenvalue weighted by atomic mass is 16.1. The zero-order valence-electron chi connectivity index (χ0n) is 7.95. The van der Waals surface area contributed by atoms with Gasteiger partial charge < -0.3 is 5.73 Å². The Labute approximate surface area is 76.9 Å². The Kier molecular flexibility index (Phi) is 3.00. The fraction of sp³-hybridized carbons (Fsp3) is 0.625. The number of nitrogens with zero attached hydrogens (tertiary/aromatic N) is 3. The van der Waals surface area contributed by atoms with E-state index in [1.165, 1.54) is 0 Å². The van der Waals surface area contributed by atoms with Crippen LogP contribution in [0.4, 0.5) is 0 Å². The second-order valence-electron chi connectivity index (χ2n) is 2.96. The molecule has 5 heteroatoms. The van der Waals surface area contributed by atoms with E-state index < -0.39 is 5.91 Å². The molecule has 0 saturated carbocycles. The van der Waals surface area contributed by atoms with Crippen LogP contribution >= 0.6 is 0 Å². The van der Waals surface area contributed by atoms with Crippen LogP contribution in [0.25, 0.3) is 0 Å². The van der Waals surface area contributed by atoms with E-state index in [1.807, 2.05) is 0 Å². The minimum absolute atomic E-state index is 0.274. The average Bonchev–Trinajstić information content (AvgIpc) is 2.43. The van der Waals surface area contributed by atoms with Gasteiger partial charge in [0.1, 0.15) is 0 Å². The summed E-state index contributed by atoms with van der Waals surface area (Å²) in [5.41, 5.74) is 6.13. The molecule has 0 aliphatic heterocycles. The molecule has 1 amide bonds. The fourth-order valence-corrected chi connectivity index (χ4v) is 1.11. The predicted octanol–water partition coefficient (Wildman–Crippen LogP) is 0.486. The molecular weight excluding hydrogens is 168 g/mol. The fourth-order valence-electron chi connectivity index (χ4n) is 1.11. The van der Waals surface area contributed by atoms with Crippen molar-refractivity contribution in [3.8, 4) is 0 Å². The molecule has 1 rings (SSSR count). The van der Waals surface area contributed by atoms with Gasteiger partial charge in [-0.15, -0.1) is 5.10 Å². The molecule has 0 bridgehead atoms. The number of aryl methyl sites for hydroxylation is 1. The summed E-state index contributed by atoms with van der Waals surface area (Å²) in [7, 11) is 0. The van der Waals surface area contributed by atoms with Crippen molar-refractivity contribution in [3.63, 3.8) is 0 Å². The first-order chi connectivity index (χ1) is 6.16. The smallest absolute Gasteiger partial charge is 0.271 e. The molecule has 0 spiro atoms. The predicted molar refractivity (Wildman–Crippen MR) is 48.2 cm³/mol. The van der Waals surface area contributed by atoms with E-state index in [0.717, 1.165) is 25.1 Å². The first-order valence-corrected chi connectivity index (χ1v) is 4.36. The minimum Gasteiger partial charge on any atom is -0.364 e. The van der Waals surface area contributed by atoms with E-state index in [2.05, 4.69) is 17.2 Å². The van der Waals surface area contributed by atoms with Gasteiger partial charge in [-0.05, 0) is 13.3 Å². The summed E-state index contributed by atoms with van der Waals surface area (Å²) in [4.78, 5) is 10.8. The van der Waals surface area contributed by atoms with Gasteiger partial charge in [0.25, 0.3) is 5.91 Å². The minimum atomic E-state index is -0.514. The molecule has 0 radical (unpaired) electrons. The largest absolute Gasteiger partial charge is 0.364 e. The molecule has 13 heavy (non-hydrogen) atoms. The summed E-state index contributed by atoms with van der Waals surface area (Å²) in [6.07, 6.45) is 2.12. The summed E-state index contributed by atoms with van der Waals surface area (Å²) in [6, 6.07) is 0.